The van der Waals surface area contributed by atoms with Gasteiger partial charge in [0.2, 0.25) is 0 Å². The van der Waals surface area contributed by atoms with Gasteiger partial charge in [-0.15, -0.1) is 0 Å². The van der Waals surface area contributed by atoms with E-state index < -0.39 is 17.6 Å². The van der Waals surface area contributed by atoms with Gasteiger partial charge in [0, 0.05) is 21.3 Å². The first kappa shape index (κ1) is 13.3. The summed E-state index contributed by atoms with van der Waals surface area (Å²) in [6.07, 6.45) is 1.17. The zero-order chi connectivity index (χ0) is 10.3. The molecule has 0 atom stereocenters. The number of hydrogen-bond donors (Lipinski definition) is 0. The first-order chi connectivity index (χ1) is 6.05. The van der Waals surface area contributed by atoms with Crippen LogP contribution in [-0.2, 0) is 13.3 Å². The Hall–Kier alpha value is 0.314. The monoisotopic (exact) mass is 222 g/mol. The fourth-order valence-corrected chi connectivity index (χ4v) is 4.00. The Morgan fingerprint density at radius 3 is 2.00 bits per heavy atom. The van der Waals surface area contributed by atoms with Crippen LogP contribution in [0.15, 0.2) is 0 Å². The minimum atomic E-state index is -1.36. The molecule has 0 aliphatic heterocycles. The van der Waals surface area contributed by atoms with Gasteiger partial charge in [0.1, 0.15) is 0 Å². The average Bonchev–Trinajstić information content (AvgIpc) is 2.12. The summed E-state index contributed by atoms with van der Waals surface area (Å²) >= 11 is 0. The van der Waals surface area contributed by atoms with E-state index >= 15 is 0 Å². The molecule has 0 aromatic carbocycles. The third kappa shape index (κ3) is 6.39. The molecule has 80 valence electrons. The van der Waals surface area contributed by atoms with Crippen molar-refractivity contribution in [2.75, 3.05) is 21.3 Å². The van der Waals surface area contributed by atoms with E-state index in [1.165, 1.54) is 12.5 Å². The molecule has 5 heteroatoms. The third-order valence-corrected chi connectivity index (χ3v) is 6.89. The summed E-state index contributed by atoms with van der Waals surface area (Å²) in [7, 11) is 2.60. The van der Waals surface area contributed by atoms with E-state index in [1.807, 2.05) is 7.11 Å². The molecule has 0 aliphatic carbocycles. The normalized spacial score (nSPS) is 12.5. The number of hydrogen-bond acceptors (Lipinski definition) is 3. The molecule has 3 nitrogen and oxygen atoms in total. The molecule has 0 heterocycles. The largest absolute Gasteiger partial charge is 0.420 e. The molecule has 0 fully saturated rings. The molecule has 0 aliphatic rings. The van der Waals surface area contributed by atoms with Crippen LogP contribution < -0.4 is 0 Å². The lowest BCUT2D eigenvalue weighted by Gasteiger charge is -2.20. The van der Waals surface area contributed by atoms with Crippen molar-refractivity contribution in [3.63, 3.8) is 0 Å². The third-order valence-electron chi connectivity index (χ3n) is 2.30. The van der Waals surface area contributed by atoms with Gasteiger partial charge in [-0.1, -0.05) is 6.42 Å². The summed E-state index contributed by atoms with van der Waals surface area (Å²) in [5, 5.41) is 0. The summed E-state index contributed by atoms with van der Waals surface area (Å²) in [6.45, 7) is 4.48. The van der Waals surface area contributed by atoms with Crippen LogP contribution >= 0.6 is 0 Å². The SMILES string of the molecule is CO[SiH](CCC[Si](C)(C)OC)OC. The Kier molecular flexibility index (Phi) is 6.88. The molecule has 0 aromatic rings. The van der Waals surface area contributed by atoms with E-state index in [0.717, 1.165) is 6.04 Å². The van der Waals surface area contributed by atoms with E-state index in [1.54, 1.807) is 14.2 Å². The van der Waals surface area contributed by atoms with Crippen molar-refractivity contribution in [3.05, 3.63) is 0 Å². The van der Waals surface area contributed by atoms with Gasteiger partial charge in [-0.25, -0.2) is 0 Å². The second-order valence-corrected chi connectivity index (χ2v) is 10.6. The minimum absolute atomic E-state index is 1.09. The lowest BCUT2D eigenvalue weighted by molar-refractivity contribution is 0.277. The van der Waals surface area contributed by atoms with Crippen LogP contribution in [0.4, 0.5) is 0 Å². The van der Waals surface area contributed by atoms with Crippen molar-refractivity contribution in [3.8, 4) is 0 Å². The fourth-order valence-electron chi connectivity index (χ4n) is 1.13. The van der Waals surface area contributed by atoms with E-state index in [0.29, 0.717) is 0 Å². The van der Waals surface area contributed by atoms with Crippen LogP contribution in [0.3, 0.4) is 0 Å². The Morgan fingerprint density at radius 2 is 1.62 bits per heavy atom. The molecule has 0 N–H and O–H groups in total. The topological polar surface area (TPSA) is 27.7 Å². The fraction of sp³-hybridized carbons (Fsp3) is 1.00. The van der Waals surface area contributed by atoms with E-state index in [-0.39, 0.29) is 0 Å². The van der Waals surface area contributed by atoms with E-state index in [9.17, 15) is 0 Å². The second-order valence-electron chi connectivity index (χ2n) is 3.76. The van der Waals surface area contributed by atoms with Gasteiger partial charge in [0.25, 0.3) is 0 Å². The van der Waals surface area contributed by atoms with Gasteiger partial charge in [-0.05, 0) is 25.2 Å². The zero-order valence-corrected chi connectivity index (χ0v) is 11.6. The van der Waals surface area contributed by atoms with Crippen LogP contribution in [0.1, 0.15) is 6.42 Å². The van der Waals surface area contributed by atoms with Crippen molar-refractivity contribution in [2.45, 2.75) is 31.6 Å². The minimum Gasteiger partial charge on any atom is -0.420 e. The summed E-state index contributed by atoms with van der Waals surface area (Å²) < 4.78 is 15.9. The van der Waals surface area contributed by atoms with Gasteiger partial charge in [-0.3, -0.25) is 0 Å². The molecular weight excluding hydrogens is 200 g/mol. The molecule has 0 unspecified atom stereocenters. The van der Waals surface area contributed by atoms with E-state index in [4.69, 9.17) is 13.3 Å². The van der Waals surface area contributed by atoms with Crippen LogP contribution in [0, 0.1) is 0 Å². The maximum Gasteiger partial charge on any atom is 0.320 e. The number of rotatable bonds is 7. The van der Waals surface area contributed by atoms with Crippen molar-refractivity contribution in [1.82, 2.24) is 0 Å². The van der Waals surface area contributed by atoms with Crippen LogP contribution in [0.2, 0.25) is 25.2 Å². The Bertz CT molecular complexity index is 127. The lowest BCUT2D eigenvalue weighted by atomic mass is 10.6. The highest BCUT2D eigenvalue weighted by molar-refractivity contribution is 6.71. The summed E-state index contributed by atoms with van der Waals surface area (Å²) in [6, 6.07) is 2.28. The summed E-state index contributed by atoms with van der Waals surface area (Å²) in [5.41, 5.74) is 0. The highest BCUT2D eigenvalue weighted by Gasteiger charge is 2.21. The van der Waals surface area contributed by atoms with Crippen LogP contribution in [0.25, 0.3) is 0 Å². The quantitative estimate of drug-likeness (QED) is 0.614. The smallest absolute Gasteiger partial charge is 0.320 e. The molecule has 0 spiro atoms. The van der Waals surface area contributed by atoms with Gasteiger partial charge < -0.3 is 13.3 Å². The Labute approximate surface area is 84.4 Å². The predicted octanol–water partition coefficient (Wildman–Crippen LogP) is 1.74. The molecule has 0 rings (SSSR count). The Balaban J connectivity index is 3.54. The molecule has 0 saturated carbocycles. The molecular formula is C8H22O3Si2. The summed E-state index contributed by atoms with van der Waals surface area (Å²) in [4.78, 5) is 0. The first-order valence-corrected chi connectivity index (χ1v) is 9.54. The first-order valence-electron chi connectivity index (χ1n) is 4.66. The molecule has 13 heavy (non-hydrogen) atoms. The Morgan fingerprint density at radius 1 is 1.08 bits per heavy atom. The highest BCUT2D eigenvalue weighted by Crippen LogP contribution is 2.15. The maximum absolute atomic E-state index is 5.46. The maximum atomic E-state index is 5.46. The van der Waals surface area contributed by atoms with Gasteiger partial charge in [0.15, 0.2) is 8.32 Å². The standard InChI is InChI=1S/C8H22O3Si2/c1-9-12(10-2)7-6-8-13(4,5)11-3/h12H,6-8H2,1-5H3. The highest BCUT2D eigenvalue weighted by atomic mass is 28.4. The zero-order valence-electron chi connectivity index (χ0n) is 9.42. The van der Waals surface area contributed by atoms with Gasteiger partial charge in [-0.2, -0.15) is 0 Å². The molecule has 0 aromatic heterocycles. The van der Waals surface area contributed by atoms with Crippen molar-refractivity contribution >= 4 is 17.6 Å². The van der Waals surface area contributed by atoms with Crippen LogP contribution in [0.5, 0.6) is 0 Å². The van der Waals surface area contributed by atoms with Gasteiger partial charge >= 0.3 is 9.28 Å². The van der Waals surface area contributed by atoms with Crippen LogP contribution in [-0.4, -0.2) is 38.9 Å². The molecule has 0 saturated heterocycles. The van der Waals surface area contributed by atoms with Crippen molar-refractivity contribution in [1.29, 1.82) is 0 Å². The van der Waals surface area contributed by atoms with Crippen molar-refractivity contribution in [2.24, 2.45) is 0 Å². The van der Waals surface area contributed by atoms with Gasteiger partial charge in [0.05, 0.1) is 0 Å². The average molecular weight is 222 g/mol. The lowest BCUT2D eigenvalue weighted by Crippen LogP contribution is -2.29. The predicted molar refractivity (Wildman–Crippen MR) is 59.9 cm³/mol. The molecule has 0 bridgehead atoms. The molecule has 0 radical (unpaired) electrons. The summed E-state index contributed by atoms with van der Waals surface area (Å²) in [5.74, 6) is 0. The van der Waals surface area contributed by atoms with Crippen molar-refractivity contribution < 1.29 is 13.3 Å². The molecule has 0 amide bonds. The second kappa shape index (κ2) is 6.72. The van der Waals surface area contributed by atoms with E-state index in [2.05, 4.69) is 13.1 Å².